The van der Waals surface area contributed by atoms with Crippen LogP contribution in [0.5, 0.6) is 0 Å². The molecule has 136 valence electrons. The van der Waals surface area contributed by atoms with E-state index in [0.717, 1.165) is 5.56 Å². The molecule has 2 aromatic carbocycles. The minimum absolute atomic E-state index is 0.276. The van der Waals surface area contributed by atoms with Crippen LogP contribution in [0, 0.1) is 0 Å². The molecule has 0 saturated carbocycles. The molecule has 0 saturated heterocycles. The maximum absolute atomic E-state index is 13.0. The van der Waals surface area contributed by atoms with E-state index in [0.29, 0.717) is 22.1 Å². The lowest BCUT2D eigenvalue weighted by atomic mass is 10.1. The number of benzene rings is 2. The van der Waals surface area contributed by atoms with Gasteiger partial charge in [0, 0.05) is 16.3 Å². The van der Waals surface area contributed by atoms with E-state index in [2.05, 4.69) is 5.10 Å². The SMILES string of the molecule is C=O.C=O.Nc1ccc(-n2nc(C(F)F)cc2-c2ccc(Cl)cc2)cc1. The number of aromatic nitrogens is 2. The fourth-order valence-corrected chi connectivity index (χ4v) is 2.27. The molecule has 0 amide bonds. The molecule has 8 heteroatoms. The Morgan fingerprint density at radius 1 is 0.962 bits per heavy atom. The van der Waals surface area contributed by atoms with Crippen molar-refractivity contribution in [3.8, 4) is 16.9 Å². The highest BCUT2D eigenvalue weighted by Crippen LogP contribution is 2.29. The molecule has 0 unspecified atom stereocenters. The number of hydrogen-bond acceptors (Lipinski definition) is 4. The van der Waals surface area contributed by atoms with Gasteiger partial charge in [0.05, 0.1) is 11.4 Å². The standard InChI is InChI=1S/C16H12ClF2N3.2CH2O/c17-11-3-1-10(2-4-11)15-9-14(16(18)19)21-22(15)13-7-5-12(20)6-8-13;2*1-2/h1-9,16H,20H2;2*1H2. The highest BCUT2D eigenvalue weighted by atomic mass is 35.5. The topological polar surface area (TPSA) is 78.0 Å². The van der Waals surface area contributed by atoms with Crippen LogP contribution >= 0.6 is 11.6 Å². The minimum atomic E-state index is -2.64. The number of nitrogens with two attached hydrogens (primary N) is 1. The van der Waals surface area contributed by atoms with E-state index in [1.807, 2.05) is 13.6 Å². The van der Waals surface area contributed by atoms with Crippen LogP contribution in [0.25, 0.3) is 16.9 Å². The van der Waals surface area contributed by atoms with Gasteiger partial charge in [-0.2, -0.15) is 5.10 Å². The summed E-state index contributed by atoms with van der Waals surface area (Å²) in [4.78, 5) is 16.0. The van der Waals surface area contributed by atoms with Crippen molar-refractivity contribution in [2.24, 2.45) is 0 Å². The summed E-state index contributed by atoms with van der Waals surface area (Å²) >= 11 is 5.87. The Bertz CT molecular complexity index is 756. The molecule has 0 spiro atoms. The molecular formula is C18H16ClF2N3O2. The molecule has 2 N–H and O–H groups in total. The van der Waals surface area contributed by atoms with Gasteiger partial charge in [0.1, 0.15) is 19.3 Å². The van der Waals surface area contributed by atoms with E-state index in [1.54, 1.807) is 48.5 Å². The molecule has 1 aromatic heterocycles. The number of nitrogen functional groups attached to an aromatic ring is 1. The first-order valence-electron chi connectivity index (χ1n) is 7.12. The number of halogens is 3. The Hall–Kier alpha value is -3.06. The number of nitrogens with zero attached hydrogens (tertiary/aromatic N) is 2. The van der Waals surface area contributed by atoms with Gasteiger partial charge in [0.25, 0.3) is 6.43 Å². The second kappa shape index (κ2) is 10.0. The summed E-state index contributed by atoms with van der Waals surface area (Å²) in [5.74, 6) is 0. The molecule has 0 atom stereocenters. The number of carbonyl (C=O) groups excluding carboxylic acids is 2. The predicted molar refractivity (Wildman–Crippen MR) is 97.6 cm³/mol. The third kappa shape index (κ3) is 4.97. The maximum Gasteiger partial charge on any atom is 0.282 e. The highest BCUT2D eigenvalue weighted by molar-refractivity contribution is 6.30. The zero-order valence-electron chi connectivity index (χ0n) is 13.6. The van der Waals surface area contributed by atoms with E-state index >= 15 is 0 Å². The number of carbonyl (C=O) groups is 2. The average Bonchev–Trinajstić information content (AvgIpc) is 3.12. The zero-order chi connectivity index (χ0) is 19.7. The van der Waals surface area contributed by atoms with Gasteiger partial charge in [0.2, 0.25) is 0 Å². The zero-order valence-corrected chi connectivity index (χ0v) is 14.4. The monoisotopic (exact) mass is 379 g/mol. The molecule has 26 heavy (non-hydrogen) atoms. The summed E-state index contributed by atoms with van der Waals surface area (Å²) in [6, 6.07) is 15.2. The second-order valence-electron chi connectivity index (χ2n) is 4.77. The van der Waals surface area contributed by atoms with Gasteiger partial charge in [0.15, 0.2) is 0 Å². The van der Waals surface area contributed by atoms with Crippen molar-refractivity contribution in [3.63, 3.8) is 0 Å². The number of rotatable bonds is 3. The maximum atomic E-state index is 13.0. The van der Waals surface area contributed by atoms with Crippen molar-refractivity contribution in [2.75, 3.05) is 5.73 Å². The molecule has 0 aliphatic heterocycles. The summed E-state index contributed by atoms with van der Waals surface area (Å²) in [6.45, 7) is 4.00. The Balaban J connectivity index is 0.000000791. The lowest BCUT2D eigenvalue weighted by molar-refractivity contribution is -0.0987. The molecule has 3 rings (SSSR count). The molecule has 0 bridgehead atoms. The van der Waals surface area contributed by atoms with E-state index in [1.165, 1.54) is 10.7 Å². The van der Waals surface area contributed by atoms with E-state index in [4.69, 9.17) is 26.9 Å². The molecule has 3 aromatic rings. The van der Waals surface area contributed by atoms with Crippen LogP contribution in [0.1, 0.15) is 12.1 Å². The second-order valence-corrected chi connectivity index (χ2v) is 5.20. The van der Waals surface area contributed by atoms with E-state index in [9.17, 15) is 8.78 Å². The van der Waals surface area contributed by atoms with Crippen molar-refractivity contribution in [1.82, 2.24) is 9.78 Å². The van der Waals surface area contributed by atoms with Crippen LogP contribution in [-0.2, 0) is 9.59 Å². The summed E-state index contributed by atoms with van der Waals surface area (Å²) in [5.41, 5.74) is 7.95. The van der Waals surface area contributed by atoms with Crippen molar-refractivity contribution < 1.29 is 18.4 Å². The Kier molecular flexibility index (Phi) is 8.11. The van der Waals surface area contributed by atoms with Crippen molar-refractivity contribution >= 4 is 30.9 Å². The largest absolute Gasteiger partial charge is 0.399 e. The first-order valence-corrected chi connectivity index (χ1v) is 7.50. The Morgan fingerprint density at radius 3 is 2.00 bits per heavy atom. The molecule has 0 radical (unpaired) electrons. The summed E-state index contributed by atoms with van der Waals surface area (Å²) in [7, 11) is 0. The van der Waals surface area contributed by atoms with Crippen molar-refractivity contribution in [3.05, 3.63) is 65.3 Å². The fourth-order valence-electron chi connectivity index (χ4n) is 2.14. The van der Waals surface area contributed by atoms with Crippen LogP contribution < -0.4 is 5.73 Å². The number of alkyl halides is 2. The molecule has 0 fully saturated rings. The molecule has 0 aliphatic carbocycles. The third-order valence-electron chi connectivity index (χ3n) is 3.23. The molecule has 5 nitrogen and oxygen atoms in total. The average molecular weight is 380 g/mol. The molecule has 0 aliphatic rings. The Morgan fingerprint density at radius 2 is 1.50 bits per heavy atom. The smallest absolute Gasteiger partial charge is 0.282 e. The summed E-state index contributed by atoms with van der Waals surface area (Å²) in [5, 5.41) is 4.58. The van der Waals surface area contributed by atoms with Gasteiger partial charge in [-0.3, -0.25) is 0 Å². The van der Waals surface area contributed by atoms with Gasteiger partial charge in [-0.25, -0.2) is 13.5 Å². The van der Waals surface area contributed by atoms with Gasteiger partial charge in [-0.1, -0.05) is 23.7 Å². The van der Waals surface area contributed by atoms with Crippen LogP contribution in [0.15, 0.2) is 54.6 Å². The molecule has 1 heterocycles. The number of hydrogen-bond donors (Lipinski definition) is 1. The van der Waals surface area contributed by atoms with Crippen LogP contribution in [-0.4, -0.2) is 23.4 Å². The first-order chi connectivity index (χ1) is 12.5. The number of anilines is 1. The highest BCUT2D eigenvalue weighted by Gasteiger charge is 2.17. The van der Waals surface area contributed by atoms with Crippen LogP contribution in [0.3, 0.4) is 0 Å². The van der Waals surface area contributed by atoms with Gasteiger partial charge in [-0.15, -0.1) is 0 Å². The van der Waals surface area contributed by atoms with E-state index in [-0.39, 0.29) is 5.69 Å². The quantitative estimate of drug-likeness (QED) is 0.686. The minimum Gasteiger partial charge on any atom is -0.399 e. The lowest BCUT2D eigenvalue weighted by Gasteiger charge is -2.08. The predicted octanol–water partition coefficient (Wildman–Crippen LogP) is 4.34. The van der Waals surface area contributed by atoms with Gasteiger partial charge in [-0.05, 0) is 42.5 Å². The summed E-state index contributed by atoms with van der Waals surface area (Å²) < 4.78 is 27.5. The van der Waals surface area contributed by atoms with Crippen molar-refractivity contribution in [2.45, 2.75) is 6.43 Å². The fraction of sp³-hybridized carbons (Fsp3) is 0.0556. The van der Waals surface area contributed by atoms with E-state index < -0.39 is 6.43 Å². The summed E-state index contributed by atoms with van der Waals surface area (Å²) in [6.07, 6.45) is -2.64. The van der Waals surface area contributed by atoms with Crippen molar-refractivity contribution in [1.29, 1.82) is 0 Å². The van der Waals surface area contributed by atoms with Gasteiger partial charge >= 0.3 is 0 Å². The molecular weight excluding hydrogens is 364 g/mol. The third-order valence-corrected chi connectivity index (χ3v) is 3.48. The lowest BCUT2D eigenvalue weighted by Crippen LogP contribution is -2.00. The van der Waals surface area contributed by atoms with Crippen LogP contribution in [0.4, 0.5) is 14.5 Å². The first kappa shape index (κ1) is 21.0. The normalized spacial score (nSPS) is 9.69. The van der Waals surface area contributed by atoms with Gasteiger partial charge < -0.3 is 15.3 Å². The Labute approximate surface area is 154 Å². The van der Waals surface area contributed by atoms with Crippen LogP contribution in [0.2, 0.25) is 5.02 Å².